The van der Waals surface area contributed by atoms with E-state index in [0.29, 0.717) is 12.0 Å². The molecular formula is C35H51N9O13. The quantitative estimate of drug-likeness (QED) is 0.0495. The molecule has 13 N–H and O–H groups in total. The highest BCUT2D eigenvalue weighted by Crippen LogP contribution is 2.19. The molecule has 22 nitrogen and oxygen atoms in total. The number of carboxylic acid groups (broad SMARTS) is 2. The van der Waals surface area contributed by atoms with Gasteiger partial charge < -0.3 is 63.6 Å². The second kappa shape index (κ2) is 23.0. The summed E-state index contributed by atoms with van der Waals surface area (Å²) in [5.74, 6) is -10.2. The van der Waals surface area contributed by atoms with E-state index in [1.807, 2.05) is 0 Å². The Hall–Kier alpha value is -6.16. The molecule has 1 fully saturated rings. The third-order valence-corrected chi connectivity index (χ3v) is 8.53. The molecule has 1 aliphatic heterocycles. The lowest BCUT2D eigenvalue weighted by Crippen LogP contribution is -2.59. The minimum Gasteiger partial charge on any atom is -0.481 e. The van der Waals surface area contributed by atoms with E-state index in [2.05, 4.69) is 31.9 Å². The smallest absolute Gasteiger partial charge is 0.326 e. The topological polar surface area (TPSA) is 359 Å². The van der Waals surface area contributed by atoms with Gasteiger partial charge in [-0.05, 0) is 30.7 Å². The van der Waals surface area contributed by atoms with Crippen molar-refractivity contribution in [1.82, 2.24) is 36.8 Å². The first-order valence-corrected chi connectivity index (χ1v) is 18.0. The van der Waals surface area contributed by atoms with Crippen LogP contribution in [0.5, 0.6) is 0 Å². The maximum Gasteiger partial charge on any atom is 0.326 e. The monoisotopic (exact) mass is 805 g/mol. The van der Waals surface area contributed by atoms with Crippen LogP contribution in [0.25, 0.3) is 0 Å². The number of hydrogen-bond donors (Lipinski definition) is 11. The summed E-state index contributed by atoms with van der Waals surface area (Å²) < 4.78 is 0. The fourth-order valence-electron chi connectivity index (χ4n) is 5.72. The van der Waals surface area contributed by atoms with E-state index >= 15 is 0 Å². The Morgan fingerprint density at radius 3 is 1.93 bits per heavy atom. The third-order valence-electron chi connectivity index (χ3n) is 8.53. The van der Waals surface area contributed by atoms with Crippen molar-refractivity contribution >= 4 is 59.2 Å². The molecule has 0 spiro atoms. The number of hydrogen-bond acceptors (Lipinski definition) is 12. The van der Waals surface area contributed by atoms with Gasteiger partial charge in [-0.15, -0.1) is 0 Å². The summed E-state index contributed by atoms with van der Waals surface area (Å²) in [5, 5.41) is 42.1. The van der Waals surface area contributed by atoms with Crippen LogP contribution in [0.2, 0.25) is 0 Å². The van der Waals surface area contributed by atoms with Crippen molar-refractivity contribution in [3.63, 3.8) is 0 Å². The lowest BCUT2D eigenvalue weighted by Gasteiger charge is -2.29. The van der Waals surface area contributed by atoms with Gasteiger partial charge in [0.1, 0.15) is 36.3 Å². The van der Waals surface area contributed by atoms with Crippen molar-refractivity contribution in [2.45, 2.75) is 88.6 Å². The number of aliphatic carboxylic acids is 2. The first-order valence-electron chi connectivity index (χ1n) is 18.0. The van der Waals surface area contributed by atoms with Crippen LogP contribution in [0.4, 0.5) is 0 Å². The Labute approximate surface area is 327 Å². The molecule has 0 bridgehead atoms. The number of rotatable bonds is 23. The third kappa shape index (κ3) is 16.2. The zero-order valence-electron chi connectivity index (χ0n) is 31.5. The Morgan fingerprint density at radius 1 is 0.754 bits per heavy atom. The van der Waals surface area contributed by atoms with Gasteiger partial charge in [0.25, 0.3) is 0 Å². The van der Waals surface area contributed by atoms with Gasteiger partial charge in [-0.3, -0.25) is 43.2 Å². The van der Waals surface area contributed by atoms with Gasteiger partial charge in [0, 0.05) is 13.0 Å². The predicted octanol–water partition coefficient (Wildman–Crippen LogP) is -4.81. The SMILES string of the molecule is CC(C)C[C@H](NC(=O)CNC(=O)CNC(=O)[C@H](CC(N)=O)NC(=O)[C@@H](N)CO)C(=O)N[C@@H](Cc1ccccc1)C(=O)N[C@@H](CC(=O)O)C(=O)N1CCC[C@H]1C(=O)O. The van der Waals surface area contributed by atoms with E-state index < -0.39 is 128 Å². The predicted molar refractivity (Wildman–Crippen MR) is 197 cm³/mol. The summed E-state index contributed by atoms with van der Waals surface area (Å²) in [6.45, 7) is 1.40. The van der Waals surface area contributed by atoms with Crippen molar-refractivity contribution < 1.29 is 63.3 Å². The van der Waals surface area contributed by atoms with Crippen LogP contribution >= 0.6 is 0 Å². The number of aliphatic hydroxyl groups excluding tert-OH is 1. The normalized spacial score (nSPS) is 16.2. The highest BCUT2D eigenvalue weighted by Gasteiger charge is 2.39. The van der Waals surface area contributed by atoms with E-state index in [4.69, 9.17) is 16.6 Å². The van der Waals surface area contributed by atoms with E-state index in [9.17, 15) is 58.2 Å². The summed E-state index contributed by atoms with van der Waals surface area (Å²) in [6, 6.07) is -0.0705. The standard InChI is InChI=1S/C35H51N9O13/c1-18(2)11-21(40-28(48)16-38-27(47)15-39-31(52)23(13-26(37)46)41-30(51)20(36)17-45)32(53)42-22(12-19-7-4-3-5-8-19)33(54)43-24(14-29(49)50)34(55)44-10-6-9-25(44)35(56)57/h3-5,7-8,18,20-25,45H,6,9-17,36H2,1-2H3,(H2,37,46)(H,38,47)(H,39,52)(H,40,48)(H,41,51)(H,42,53)(H,43,54)(H,49,50)(H,56,57)/t20-,21-,22-,23-,24-,25-/m0/s1. The van der Waals surface area contributed by atoms with Gasteiger partial charge >= 0.3 is 11.9 Å². The van der Waals surface area contributed by atoms with Gasteiger partial charge in [0.2, 0.25) is 47.3 Å². The molecular weight excluding hydrogens is 754 g/mol. The second-order valence-electron chi connectivity index (χ2n) is 13.7. The second-order valence-corrected chi connectivity index (χ2v) is 13.7. The van der Waals surface area contributed by atoms with Crippen LogP contribution in [-0.4, -0.2) is 142 Å². The average molecular weight is 806 g/mol. The van der Waals surface area contributed by atoms with Crippen LogP contribution in [0.15, 0.2) is 30.3 Å². The summed E-state index contributed by atoms with van der Waals surface area (Å²) in [5.41, 5.74) is 11.1. The first-order chi connectivity index (χ1) is 26.8. The van der Waals surface area contributed by atoms with Crippen molar-refractivity contribution in [3.05, 3.63) is 35.9 Å². The number of likely N-dealkylation sites (tertiary alicyclic amines) is 1. The van der Waals surface area contributed by atoms with E-state index in [-0.39, 0.29) is 31.7 Å². The number of carbonyl (C=O) groups is 10. The molecule has 1 aliphatic rings. The lowest BCUT2D eigenvalue weighted by molar-refractivity contribution is -0.150. The van der Waals surface area contributed by atoms with Crippen LogP contribution in [-0.2, 0) is 54.4 Å². The molecule has 1 saturated heterocycles. The van der Waals surface area contributed by atoms with Gasteiger partial charge in [-0.2, -0.15) is 0 Å². The maximum absolute atomic E-state index is 13.7. The van der Waals surface area contributed by atoms with Crippen molar-refractivity contribution in [2.24, 2.45) is 17.4 Å². The van der Waals surface area contributed by atoms with E-state index in [1.165, 1.54) is 0 Å². The van der Waals surface area contributed by atoms with Crippen molar-refractivity contribution in [1.29, 1.82) is 0 Å². The molecule has 314 valence electrons. The van der Waals surface area contributed by atoms with E-state index in [1.54, 1.807) is 44.2 Å². The fourth-order valence-corrected chi connectivity index (χ4v) is 5.72. The molecule has 1 aromatic rings. The minimum atomic E-state index is -1.66. The molecule has 1 aromatic carbocycles. The Morgan fingerprint density at radius 2 is 1.35 bits per heavy atom. The number of nitrogens with two attached hydrogens (primary N) is 2. The van der Waals surface area contributed by atoms with Crippen LogP contribution in [0.1, 0.15) is 51.5 Å². The minimum absolute atomic E-state index is 0.0381. The Bertz CT molecular complexity index is 1640. The summed E-state index contributed by atoms with van der Waals surface area (Å²) in [7, 11) is 0. The van der Waals surface area contributed by atoms with Crippen LogP contribution in [0.3, 0.4) is 0 Å². The molecule has 57 heavy (non-hydrogen) atoms. The van der Waals surface area contributed by atoms with Gasteiger partial charge in [0.15, 0.2) is 0 Å². The zero-order chi connectivity index (χ0) is 42.8. The fraction of sp³-hybridized carbons (Fsp3) is 0.543. The molecule has 6 atom stereocenters. The molecule has 0 aromatic heterocycles. The van der Waals surface area contributed by atoms with Crippen LogP contribution < -0.4 is 43.4 Å². The number of nitrogens with one attached hydrogen (secondary N) is 6. The summed E-state index contributed by atoms with van der Waals surface area (Å²) in [4.78, 5) is 126. The zero-order valence-corrected chi connectivity index (χ0v) is 31.5. The first kappa shape index (κ1) is 47.0. The largest absolute Gasteiger partial charge is 0.481 e. The molecule has 2 rings (SSSR count). The number of carboxylic acids is 2. The molecule has 0 radical (unpaired) electrons. The van der Waals surface area contributed by atoms with Gasteiger partial charge in [0.05, 0.1) is 32.5 Å². The van der Waals surface area contributed by atoms with Crippen molar-refractivity contribution in [3.8, 4) is 0 Å². The Balaban J connectivity index is 2.15. The van der Waals surface area contributed by atoms with Gasteiger partial charge in [-0.1, -0.05) is 44.2 Å². The Kier molecular flexibility index (Phi) is 19.0. The van der Waals surface area contributed by atoms with Crippen molar-refractivity contribution in [2.75, 3.05) is 26.2 Å². The molecule has 8 amide bonds. The maximum atomic E-state index is 13.7. The molecule has 22 heteroatoms. The number of primary amides is 1. The lowest BCUT2D eigenvalue weighted by atomic mass is 10.0. The van der Waals surface area contributed by atoms with Crippen LogP contribution in [0, 0.1) is 5.92 Å². The summed E-state index contributed by atoms with van der Waals surface area (Å²) in [6.07, 6.45) is -1.09. The molecule has 1 heterocycles. The summed E-state index contributed by atoms with van der Waals surface area (Å²) >= 11 is 0. The highest BCUT2D eigenvalue weighted by atomic mass is 16.4. The highest BCUT2D eigenvalue weighted by molar-refractivity contribution is 5.98. The number of aliphatic hydroxyl groups is 1. The average Bonchev–Trinajstić information content (AvgIpc) is 3.65. The molecule has 0 saturated carbocycles. The number of carbonyl (C=O) groups excluding carboxylic acids is 8. The number of amides is 8. The molecule has 0 unspecified atom stereocenters. The molecule has 0 aliphatic carbocycles. The number of benzene rings is 1. The van der Waals surface area contributed by atoms with E-state index in [0.717, 1.165) is 4.90 Å². The number of nitrogens with zero attached hydrogens (tertiary/aromatic N) is 1. The van der Waals surface area contributed by atoms with Gasteiger partial charge in [-0.25, -0.2) is 4.79 Å².